The van der Waals surface area contributed by atoms with Crippen LogP contribution < -0.4 is 26.8 Å². The lowest BCUT2D eigenvalue weighted by Gasteiger charge is -2.37. The van der Waals surface area contributed by atoms with Gasteiger partial charge in [0.25, 0.3) is 5.56 Å². The molecule has 66 heavy (non-hydrogen) atoms. The van der Waals surface area contributed by atoms with Crippen LogP contribution in [0.5, 0.6) is 5.75 Å². The first-order chi connectivity index (χ1) is 31.2. The summed E-state index contributed by atoms with van der Waals surface area (Å²) in [6.07, 6.45) is 5.06. The molecule has 1 fully saturated rings. The van der Waals surface area contributed by atoms with E-state index in [4.69, 9.17) is 0 Å². The average Bonchev–Trinajstić information content (AvgIpc) is 3.67. The van der Waals surface area contributed by atoms with Crippen LogP contribution in [0.2, 0.25) is 0 Å². The highest BCUT2D eigenvalue weighted by molar-refractivity contribution is 7.99. The van der Waals surface area contributed by atoms with Crippen LogP contribution in [0, 0.1) is 17.3 Å². The lowest BCUT2D eigenvalue weighted by atomic mass is 9.70. The first-order valence-corrected chi connectivity index (χ1v) is 23.1. The molecule has 3 N–H and O–H groups in total. The maximum absolute atomic E-state index is 11.9. The number of carbonyl (C=O) groups is 3. The van der Waals surface area contributed by atoms with Crippen molar-refractivity contribution < 1.29 is 19.5 Å². The van der Waals surface area contributed by atoms with Gasteiger partial charge in [0.15, 0.2) is 11.2 Å². The summed E-state index contributed by atoms with van der Waals surface area (Å²) < 4.78 is 4.04. The predicted octanol–water partition coefficient (Wildman–Crippen LogP) is 7.25. The Hall–Kier alpha value is -5.97. The molecule has 0 saturated carbocycles. The number of carbonyl (C=O) groups excluding carboxylic acids is 3. The molecule has 0 spiro atoms. The lowest BCUT2D eigenvalue weighted by molar-refractivity contribution is -0.148. The van der Waals surface area contributed by atoms with Crippen molar-refractivity contribution in [1.82, 2.24) is 39.1 Å². The third-order valence-corrected chi connectivity index (χ3v) is 13.6. The number of fused-ring (bicyclic) bond motifs is 3. The minimum atomic E-state index is -1.20. The standard InChI is InChI=1S/C17H20N2S.C14H23NO.C11H16N2O3.C8H10N4O2/c1-13(18(2)3)12-19-14-8-4-6-10-16(14)20-17-11-7-5-9-15(17)19;1-5-14(11(2)10-15(3)4)12-7-6-8-13(16)9-12;1-4-6-11(7(3)5-2)8(14)12-10(16)13-9(11)15;1-10-4-9-6-5(10)7(13)12(3)8(14)11(6)2/h4-11,13H,12H2,1-3H3;6-9,11,14,16H,5,10H2,1-4H3;4,7H,1,5-6H2,2-3H3,(H2,12,13,14,15,16);4H,1-3H3/t;11-,14+;;/m.0../s1. The van der Waals surface area contributed by atoms with Gasteiger partial charge in [-0.1, -0.05) is 88.4 Å². The van der Waals surface area contributed by atoms with Crippen LogP contribution in [0.25, 0.3) is 11.2 Å². The number of anilines is 2. The van der Waals surface area contributed by atoms with Crippen molar-refractivity contribution in [3.8, 4) is 5.75 Å². The molecule has 4 atom stereocenters. The summed E-state index contributed by atoms with van der Waals surface area (Å²) >= 11 is 1.87. The molecule has 15 nitrogen and oxygen atoms in total. The number of benzene rings is 3. The van der Waals surface area contributed by atoms with Gasteiger partial charge >= 0.3 is 11.7 Å². The van der Waals surface area contributed by atoms with E-state index in [1.54, 1.807) is 24.7 Å². The van der Waals surface area contributed by atoms with Crippen LogP contribution in [0.3, 0.4) is 0 Å². The number of allylic oxidation sites excluding steroid dienone is 1. The number of hydrogen-bond donors (Lipinski definition) is 3. The fraction of sp³-hybridized carbons (Fsp3) is 0.440. The summed E-state index contributed by atoms with van der Waals surface area (Å²) in [7, 11) is 13.3. The summed E-state index contributed by atoms with van der Waals surface area (Å²) in [6, 6.07) is 24.8. The van der Waals surface area contributed by atoms with Crippen LogP contribution in [-0.2, 0) is 30.7 Å². The van der Waals surface area contributed by atoms with Gasteiger partial charge in [0.1, 0.15) is 11.2 Å². The lowest BCUT2D eigenvalue weighted by Crippen LogP contribution is -2.64. The average molecular weight is 924 g/mol. The van der Waals surface area contributed by atoms with Crippen molar-refractivity contribution in [3.05, 3.63) is 118 Å². The van der Waals surface area contributed by atoms with Gasteiger partial charge in [-0.3, -0.25) is 34.2 Å². The maximum Gasteiger partial charge on any atom is 0.332 e. The van der Waals surface area contributed by atoms with Gasteiger partial charge in [-0.25, -0.2) is 14.6 Å². The molecule has 0 radical (unpaired) electrons. The molecule has 1 saturated heterocycles. The third kappa shape index (κ3) is 12.1. The van der Waals surface area contributed by atoms with E-state index in [9.17, 15) is 29.1 Å². The van der Waals surface area contributed by atoms with Crippen LogP contribution in [0.15, 0.2) is 111 Å². The molecule has 2 aromatic heterocycles. The molecule has 4 amide bonds. The van der Waals surface area contributed by atoms with Crippen LogP contribution >= 0.6 is 11.8 Å². The van der Waals surface area contributed by atoms with E-state index < -0.39 is 23.3 Å². The zero-order chi connectivity index (χ0) is 49.0. The number of aromatic hydroxyl groups is 1. The number of likely N-dealkylation sites (N-methyl/N-ethyl adjacent to an activating group) is 1. The maximum atomic E-state index is 11.9. The van der Waals surface area contributed by atoms with Crippen LogP contribution in [-0.4, -0.2) is 98.8 Å². The molecule has 16 heteroatoms. The van der Waals surface area contributed by atoms with Crippen LogP contribution in [0.4, 0.5) is 16.2 Å². The van der Waals surface area contributed by atoms with E-state index >= 15 is 0 Å². The van der Waals surface area contributed by atoms with Crippen molar-refractivity contribution in [2.45, 2.75) is 75.6 Å². The minimum absolute atomic E-state index is 0.154. The number of phenols is 1. The Labute approximate surface area is 393 Å². The topological polar surface area (TPSA) is 167 Å². The fourth-order valence-corrected chi connectivity index (χ4v) is 9.37. The number of aromatic nitrogens is 4. The van der Waals surface area contributed by atoms with E-state index in [0.717, 1.165) is 24.1 Å². The Morgan fingerprint density at radius 3 is 1.89 bits per heavy atom. The summed E-state index contributed by atoms with van der Waals surface area (Å²) in [5.74, 6) is 0.272. The third-order valence-electron chi connectivity index (χ3n) is 12.4. The van der Waals surface area contributed by atoms with Crippen LogP contribution in [0.1, 0.15) is 65.4 Å². The second-order valence-corrected chi connectivity index (χ2v) is 18.6. The molecule has 0 aliphatic carbocycles. The minimum Gasteiger partial charge on any atom is -0.508 e. The fourth-order valence-electron chi connectivity index (χ4n) is 8.28. The predicted molar refractivity (Wildman–Crippen MR) is 266 cm³/mol. The molecular weight excluding hydrogens is 855 g/mol. The second-order valence-electron chi connectivity index (χ2n) is 17.6. The highest BCUT2D eigenvalue weighted by Crippen LogP contribution is 2.48. The number of imidazole rings is 1. The molecule has 3 aromatic carbocycles. The summed E-state index contributed by atoms with van der Waals surface area (Å²) in [4.78, 5) is 71.6. The molecular formula is C50H69N9O6S. The van der Waals surface area contributed by atoms with E-state index in [2.05, 4.69) is 140 Å². The SMILES string of the molecule is C=CCC1(C(C)CC)C(=O)NC(=O)NC1=O.CC(CN1c2ccccc2Sc2ccccc21)N(C)C.CC[C@@H](c1cccc(O)c1)[C@@H](C)CN(C)C.Cn1c(=O)c2c(ncn2C)n(C)c1=O. The second kappa shape index (κ2) is 23.5. The Morgan fingerprint density at radius 2 is 1.39 bits per heavy atom. The Bertz CT molecular complexity index is 2530. The Balaban J connectivity index is 0.000000194. The largest absolute Gasteiger partial charge is 0.508 e. The van der Waals surface area contributed by atoms with Gasteiger partial charge in [0.2, 0.25) is 11.8 Å². The monoisotopic (exact) mass is 924 g/mol. The molecule has 7 rings (SSSR count). The number of amides is 4. The number of imide groups is 2. The van der Waals surface area contributed by atoms with Gasteiger partial charge in [-0.2, -0.15) is 0 Å². The zero-order valence-corrected chi connectivity index (χ0v) is 41.5. The Morgan fingerprint density at radius 1 is 0.818 bits per heavy atom. The van der Waals surface area contributed by atoms with E-state index in [1.807, 2.05) is 37.7 Å². The van der Waals surface area contributed by atoms with Gasteiger partial charge in [0.05, 0.1) is 17.7 Å². The highest BCUT2D eigenvalue weighted by Gasteiger charge is 2.52. The van der Waals surface area contributed by atoms with Gasteiger partial charge in [-0.15, -0.1) is 6.58 Å². The van der Waals surface area contributed by atoms with E-state index in [-0.39, 0.29) is 23.6 Å². The summed E-state index contributed by atoms with van der Waals surface area (Å²) in [6.45, 7) is 16.1. The number of aryl methyl sites for hydroxylation is 2. The molecule has 2 aliphatic heterocycles. The van der Waals surface area contributed by atoms with Gasteiger partial charge < -0.3 is 24.4 Å². The highest BCUT2D eigenvalue weighted by atomic mass is 32.2. The van der Waals surface area contributed by atoms with E-state index in [0.29, 0.717) is 41.2 Å². The number of rotatable bonds is 12. The first-order valence-electron chi connectivity index (χ1n) is 22.3. The number of nitrogens with one attached hydrogen (secondary N) is 2. The van der Waals surface area contributed by atoms with Crippen molar-refractivity contribution in [2.24, 2.45) is 38.4 Å². The first kappa shape index (κ1) is 52.7. The quantitative estimate of drug-likeness (QED) is 0.0852. The molecule has 5 aromatic rings. The van der Waals surface area contributed by atoms with Crippen molar-refractivity contribution in [1.29, 1.82) is 0 Å². The molecule has 356 valence electrons. The zero-order valence-electron chi connectivity index (χ0n) is 40.7. The Kier molecular flexibility index (Phi) is 18.7. The van der Waals surface area contributed by atoms with E-state index in [1.165, 1.54) is 50.7 Å². The normalized spacial score (nSPS) is 15.6. The van der Waals surface area contributed by atoms with Crippen molar-refractivity contribution in [3.63, 3.8) is 0 Å². The number of barbiturate groups is 1. The number of nitrogens with zero attached hydrogens (tertiary/aromatic N) is 7. The smallest absolute Gasteiger partial charge is 0.332 e. The molecule has 2 unspecified atom stereocenters. The van der Waals surface area contributed by atoms with Crippen molar-refractivity contribution >= 4 is 52.1 Å². The summed E-state index contributed by atoms with van der Waals surface area (Å²) in [5, 5.41) is 13.8. The van der Waals surface area contributed by atoms with Crippen molar-refractivity contribution in [2.75, 3.05) is 46.2 Å². The summed E-state index contributed by atoms with van der Waals surface area (Å²) in [5.41, 5.74) is 2.87. The molecule has 0 bridgehead atoms. The molecule has 2 aliphatic rings. The number of phenolic OH excluding ortho intramolecular Hbond substituents is 1. The molecule has 4 heterocycles. The number of urea groups is 1. The van der Waals surface area contributed by atoms with Gasteiger partial charge in [0, 0.05) is 50.1 Å². The number of para-hydroxylation sites is 2. The number of hydrogen-bond acceptors (Lipinski definition) is 11. The van der Waals surface area contributed by atoms with Gasteiger partial charge in [-0.05, 0) is 108 Å².